The highest BCUT2D eigenvalue weighted by Gasteiger charge is 2.22. The van der Waals surface area contributed by atoms with Gasteiger partial charge in [-0.1, -0.05) is 0 Å². The van der Waals surface area contributed by atoms with Gasteiger partial charge in [0.1, 0.15) is 6.04 Å². The number of aryl methyl sites for hydroxylation is 1. The number of hydrogen-bond acceptors (Lipinski definition) is 3. The summed E-state index contributed by atoms with van der Waals surface area (Å²) in [6, 6.07) is -0.928. The van der Waals surface area contributed by atoms with Gasteiger partial charge in [0.2, 0.25) is 0 Å². The van der Waals surface area contributed by atoms with Crippen LogP contribution in [0.3, 0.4) is 0 Å². The van der Waals surface area contributed by atoms with Crippen molar-refractivity contribution in [3.8, 4) is 0 Å². The van der Waals surface area contributed by atoms with Crippen molar-refractivity contribution in [1.82, 2.24) is 9.55 Å². The summed E-state index contributed by atoms with van der Waals surface area (Å²) < 4.78 is 1.12. The molecule has 0 fully saturated rings. The van der Waals surface area contributed by atoms with E-state index >= 15 is 0 Å². The number of nitrogens with zero attached hydrogens (tertiary/aromatic N) is 2. The van der Waals surface area contributed by atoms with Gasteiger partial charge in [-0.2, -0.15) is 0 Å². The van der Waals surface area contributed by atoms with Gasteiger partial charge in [0.15, 0.2) is 5.69 Å². The van der Waals surface area contributed by atoms with Crippen LogP contribution in [0.1, 0.15) is 29.1 Å². The van der Waals surface area contributed by atoms with E-state index in [1.807, 2.05) is 0 Å². The quantitative estimate of drug-likeness (QED) is 0.739. The second-order valence-corrected chi connectivity index (χ2v) is 2.91. The van der Waals surface area contributed by atoms with E-state index in [9.17, 15) is 9.59 Å². The summed E-state index contributed by atoms with van der Waals surface area (Å²) in [5.41, 5.74) is 0.227. The van der Waals surface area contributed by atoms with Crippen LogP contribution in [0.25, 0.3) is 0 Å². The monoisotopic (exact) mass is 198 g/mol. The molecular weight excluding hydrogens is 188 g/mol. The Morgan fingerprint density at radius 2 is 2.07 bits per heavy atom. The molecule has 6 nitrogen and oxygen atoms in total. The van der Waals surface area contributed by atoms with E-state index in [1.54, 1.807) is 0 Å². The Bertz CT molecular complexity index is 383. The minimum atomic E-state index is -1.17. The lowest BCUT2D eigenvalue weighted by Gasteiger charge is -2.09. The van der Waals surface area contributed by atoms with Gasteiger partial charge >= 0.3 is 11.9 Å². The maximum Gasteiger partial charge on any atom is 0.354 e. The molecule has 0 amide bonds. The predicted molar refractivity (Wildman–Crippen MR) is 46.3 cm³/mol. The van der Waals surface area contributed by atoms with Gasteiger partial charge in [0.05, 0.1) is 12.0 Å². The lowest BCUT2D eigenvalue weighted by Crippen LogP contribution is -2.19. The Morgan fingerprint density at radius 3 is 2.50 bits per heavy atom. The van der Waals surface area contributed by atoms with Crippen molar-refractivity contribution in [1.29, 1.82) is 0 Å². The molecule has 0 aliphatic rings. The molecule has 0 aliphatic carbocycles. The lowest BCUT2D eigenvalue weighted by molar-refractivity contribution is -0.140. The van der Waals surface area contributed by atoms with Gasteiger partial charge in [0.25, 0.3) is 0 Å². The lowest BCUT2D eigenvalue weighted by atomic mass is 10.3. The molecule has 0 aromatic carbocycles. The summed E-state index contributed by atoms with van der Waals surface area (Å²) in [7, 11) is 0. The molecule has 0 spiro atoms. The van der Waals surface area contributed by atoms with Gasteiger partial charge in [-0.3, -0.25) is 0 Å². The van der Waals surface area contributed by atoms with Gasteiger partial charge in [-0.25, -0.2) is 14.6 Å². The number of aliphatic carboxylic acids is 1. The standard InChI is InChI=1S/C8H10N2O4/c1-4-6(8(13)14)10(3-9-4)5(2)7(11)12/h3,5H,1-2H3,(H,11,12)(H,13,14). The summed E-state index contributed by atoms with van der Waals surface area (Å²) >= 11 is 0. The van der Waals surface area contributed by atoms with Crippen molar-refractivity contribution in [2.24, 2.45) is 0 Å². The van der Waals surface area contributed by atoms with E-state index in [0.717, 1.165) is 4.57 Å². The second-order valence-electron chi connectivity index (χ2n) is 2.91. The Morgan fingerprint density at radius 1 is 1.50 bits per heavy atom. The molecule has 0 aliphatic heterocycles. The van der Waals surface area contributed by atoms with Gasteiger partial charge < -0.3 is 14.8 Å². The van der Waals surface area contributed by atoms with Crippen LogP contribution in [0.2, 0.25) is 0 Å². The first kappa shape index (κ1) is 10.2. The smallest absolute Gasteiger partial charge is 0.354 e. The molecule has 1 atom stereocenters. The van der Waals surface area contributed by atoms with Crippen molar-refractivity contribution >= 4 is 11.9 Å². The van der Waals surface area contributed by atoms with E-state index in [4.69, 9.17) is 10.2 Å². The summed E-state index contributed by atoms with van der Waals surface area (Å²) in [6.45, 7) is 2.92. The molecule has 1 rings (SSSR count). The van der Waals surface area contributed by atoms with Crippen LogP contribution in [-0.4, -0.2) is 31.7 Å². The average molecular weight is 198 g/mol. The highest BCUT2D eigenvalue weighted by atomic mass is 16.4. The number of rotatable bonds is 3. The number of carboxylic acids is 2. The normalized spacial score (nSPS) is 12.4. The minimum Gasteiger partial charge on any atom is -0.480 e. The Kier molecular flexibility index (Phi) is 2.55. The number of carbonyl (C=O) groups is 2. The predicted octanol–water partition coefficient (Wildman–Crippen LogP) is 0.535. The first-order valence-corrected chi connectivity index (χ1v) is 3.94. The fourth-order valence-electron chi connectivity index (χ4n) is 1.13. The van der Waals surface area contributed by atoms with E-state index < -0.39 is 18.0 Å². The first-order chi connectivity index (χ1) is 6.45. The van der Waals surface area contributed by atoms with Crippen molar-refractivity contribution in [2.75, 3.05) is 0 Å². The maximum atomic E-state index is 10.8. The zero-order valence-corrected chi connectivity index (χ0v) is 7.76. The van der Waals surface area contributed by atoms with E-state index in [-0.39, 0.29) is 5.69 Å². The zero-order valence-electron chi connectivity index (χ0n) is 7.76. The Hall–Kier alpha value is -1.85. The van der Waals surface area contributed by atoms with Crippen molar-refractivity contribution in [3.63, 3.8) is 0 Å². The molecular formula is C8H10N2O4. The summed E-state index contributed by atoms with van der Waals surface area (Å²) in [6.07, 6.45) is 1.22. The molecule has 1 aromatic rings. The molecule has 1 unspecified atom stereocenters. The van der Waals surface area contributed by atoms with Crippen LogP contribution in [0.5, 0.6) is 0 Å². The van der Waals surface area contributed by atoms with Crippen LogP contribution in [0.4, 0.5) is 0 Å². The minimum absolute atomic E-state index is 0.0834. The van der Waals surface area contributed by atoms with Gasteiger partial charge in [-0.05, 0) is 13.8 Å². The third-order valence-corrected chi connectivity index (χ3v) is 1.95. The third kappa shape index (κ3) is 1.59. The number of hydrogen-bond donors (Lipinski definition) is 2. The Balaban J connectivity index is 3.22. The molecule has 1 heterocycles. The van der Waals surface area contributed by atoms with Crippen molar-refractivity contribution in [2.45, 2.75) is 19.9 Å². The molecule has 14 heavy (non-hydrogen) atoms. The van der Waals surface area contributed by atoms with Crippen molar-refractivity contribution < 1.29 is 19.8 Å². The molecule has 0 radical (unpaired) electrons. The molecule has 0 saturated heterocycles. The number of imidazole rings is 1. The molecule has 76 valence electrons. The van der Waals surface area contributed by atoms with Crippen LogP contribution < -0.4 is 0 Å². The molecule has 0 saturated carbocycles. The molecule has 0 bridgehead atoms. The van der Waals surface area contributed by atoms with E-state index in [1.165, 1.54) is 20.2 Å². The number of carboxylic acid groups (broad SMARTS) is 2. The van der Waals surface area contributed by atoms with Crippen LogP contribution >= 0.6 is 0 Å². The van der Waals surface area contributed by atoms with E-state index in [0.29, 0.717) is 5.69 Å². The fourth-order valence-corrected chi connectivity index (χ4v) is 1.13. The fraction of sp³-hybridized carbons (Fsp3) is 0.375. The Labute approximate surface area is 79.8 Å². The highest BCUT2D eigenvalue weighted by Crippen LogP contribution is 2.13. The van der Waals surface area contributed by atoms with Gasteiger partial charge in [-0.15, -0.1) is 0 Å². The number of aromatic carboxylic acids is 1. The maximum absolute atomic E-state index is 10.8. The van der Waals surface area contributed by atoms with Crippen LogP contribution in [-0.2, 0) is 4.79 Å². The van der Waals surface area contributed by atoms with Gasteiger partial charge in [0, 0.05) is 0 Å². The van der Waals surface area contributed by atoms with Crippen molar-refractivity contribution in [3.05, 3.63) is 17.7 Å². The number of aromatic nitrogens is 2. The van der Waals surface area contributed by atoms with E-state index in [2.05, 4.69) is 4.98 Å². The highest BCUT2D eigenvalue weighted by molar-refractivity contribution is 5.87. The molecule has 6 heteroatoms. The molecule has 1 aromatic heterocycles. The third-order valence-electron chi connectivity index (χ3n) is 1.95. The molecule has 2 N–H and O–H groups in total. The topological polar surface area (TPSA) is 92.4 Å². The van der Waals surface area contributed by atoms with Crippen LogP contribution in [0.15, 0.2) is 6.33 Å². The van der Waals surface area contributed by atoms with Crippen LogP contribution in [0, 0.1) is 6.92 Å². The largest absolute Gasteiger partial charge is 0.480 e. The second kappa shape index (κ2) is 3.49. The zero-order chi connectivity index (χ0) is 10.9. The average Bonchev–Trinajstić information content (AvgIpc) is 2.45. The SMILES string of the molecule is Cc1ncn(C(C)C(=O)O)c1C(=O)O. The summed E-state index contributed by atoms with van der Waals surface area (Å²) in [5.74, 6) is -2.27. The summed E-state index contributed by atoms with van der Waals surface area (Å²) in [5, 5.41) is 17.5. The summed E-state index contributed by atoms with van der Waals surface area (Å²) in [4.78, 5) is 25.2. The first-order valence-electron chi connectivity index (χ1n) is 3.94.